The van der Waals surface area contributed by atoms with Crippen molar-refractivity contribution in [1.82, 2.24) is 14.8 Å². The fraction of sp³-hybridized carbons (Fsp3) is 0.333. The van der Waals surface area contributed by atoms with Crippen LogP contribution in [0.3, 0.4) is 0 Å². The van der Waals surface area contributed by atoms with Gasteiger partial charge in [0.05, 0.1) is 25.8 Å². The van der Waals surface area contributed by atoms with Gasteiger partial charge < -0.3 is 14.8 Å². The number of rotatable bonds is 5. The first-order chi connectivity index (χ1) is 13.2. The normalized spacial score (nSPS) is 18.5. The first-order valence-electron chi connectivity index (χ1n) is 9.23. The maximum atomic E-state index is 5.65. The number of aromatic nitrogens is 3. The van der Waals surface area contributed by atoms with Crippen molar-refractivity contribution in [2.45, 2.75) is 32.4 Å². The minimum Gasteiger partial charge on any atom is -0.493 e. The monoisotopic (exact) mass is 364 g/mol. The van der Waals surface area contributed by atoms with Crippen LogP contribution in [0.15, 0.2) is 48.8 Å². The molecule has 2 atom stereocenters. The van der Waals surface area contributed by atoms with Crippen LogP contribution >= 0.6 is 0 Å². The van der Waals surface area contributed by atoms with Crippen LogP contribution in [-0.2, 0) is 0 Å². The first kappa shape index (κ1) is 17.4. The number of ether oxygens (including phenoxy) is 2. The predicted octanol–water partition coefficient (Wildman–Crippen LogP) is 4.14. The Morgan fingerprint density at radius 1 is 1.11 bits per heavy atom. The zero-order chi connectivity index (χ0) is 18.8. The van der Waals surface area contributed by atoms with Crippen LogP contribution in [-0.4, -0.2) is 28.5 Å². The predicted molar refractivity (Wildman–Crippen MR) is 104 cm³/mol. The molecule has 0 aliphatic carbocycles. The fourth-order valence-corrected chi connectivity index (χ4v) is 3.58. The molecule has 2 heterocycles. The Balaban J connectivity index is 1.70. The second-order valence-electron chi connectivity index (χ2n) is 6.73. The molecule has 0 bridgehead atoms. The summed E-state index contributed by atoms with van der Waals surface area (Å²) in [6.45, 7) is 4.67. The molecule has 0 saturated heterocycles. The Morgan fingerprint density at radius 3 is 2.63 bits per heavy atom. The van der Waals surface area contributed by atoms with Crippen molar-refractivity contribution >= 4 is 5.95 Å². The Kier molecular flexibility index (Phi) is 4.71. The lowest BCUT2D eigenvalue weighted by molar-refractivity contribution is 0.310. The summed E-state index contributed by atoms with van der Waals surface area (Å²) in [7, 11) is 1.67. The summed E-state index contributed by atoms with van der Waals surface area (Å²) in [6, 6.07) is 15.0. The highest BCUT2D eigenvalue weighted by Crippen LogP contribution is 2.39. The van der Waals surface area contributed by atoms with Gasteiger partial charge in [-0.1, -0.05) is 35.9 Å². The number of benzene rings is 2. The minimum absolute atomic E-state index is 0.0691. The van der Waals surface area contributed by atoms with Gasteiger partial charge >= 0.3 is 0 Å². The van der Waals surface area contributed by atoms with Crippen molar-refractivity contribution in [3.05, 3.63) is 65.5 Å². The smallest absolute Gasteiger partial charge is 0.222 e. The Morgan fingerprint density at radius 2 is 1.89 bits per heavy atom. The first-order valence-corrected chi connectivity index (χ1v) is 9.23. The molecule has 6 nitrogen and oxygen atoms in total. The summed E-state index contributed by atoms with van der Waals surface area (Å²) < 4.78 is 13.1. The van der Waals surface area contributed by atoms with Gasteiger partial charge in [0.15, 0.2) is 11.5 Å². The summed E-state index contributed by atoms with van der Waals surface area (Å²) in [5, 5.41) is 7.95. The molecule has 0 spiro atoms. The van der Waals surface area contributed by atoms with Gasteiger partial charge in [0.25, 0.3) is 0 Å². The van der Waals surface area contributed by atoms with E-state index in [0.717, 1.165) is 29.4 Å². The van der Waals surface area contributed by atoms with Gasteiger partial charge in [-0.2, -0.15) is 10.1 Å². The molecular weight excluding hydrogens is 340 g/mol. The molecule has 27 heavy (non-hydrogen) atoms. The number of hydrogen-bond donors (Lipinski definition) is 1. The summed E-state index contributed by atoms with van der Waals surface area (Å²) in [5.74, 6) is 2.28. The van der Waals surface area contributed by atoms with Gasteiger partial charge in [0.1, 0.15) is 6.33 Å². The van der Waals surface area contributed by atoms with E-state index in [1.807, 2.05) is 23.7 Å². The SMILES string of the molecule is CCOc1ccc([C@H]2C[C@H](c3ccc(C)cc3)Nc3ncnn32)cc1OC. The number of hydrogen-bond acceptors (Lipinski definition) is 5. The molecule has 0 saturated carbocycles. The summed E-state index contributed by atoms with van der Waals surface area (Å²) in [5.41, 5.74) is 3.63. The third kappa shape index (κ3) is 3.35. The maximum absolute atomic E-state index is 5.65. The molecule has 0 radical (unpaired) electrons. The highest BCUT2D eigenvalue weighted by molar-refractivity contribution is 5.46. The van der Waals surface area contributed by atoms with Crippen molar-refractivity contribution in [3.8, 4) is 11.5 Å². The lowest BCUT2D eigenvalue weighted by Gasteiger charge is -2.32. The lowest BCUT2D eigenvalue weighted by atomic mass is 9.93. The lowest BCUT2D eigenvalue weighted by Crippen LogP contribution is -2.28. The molecule has 0 fully saturated rings. The minimum atomic E-state index is 0.0691. The Hall–Kier alpha value is -3.02. The quantitative estimate of drug-likeness (QED) is 0.737. The van der Waals surface area contributed by atoms with Crippen LogP contribution in [0.4, 0.5) is 5.95 Å². The van der Waals surface area contributed by atoms with E-state index in [1.54, 1.807) is 13.4 Å². The second kappa shape index (κ2) is 7.31. The van der Waals surface area contributed by atoms with Gasteiger partial charge in [-0.3, -0.25) is 0 Å². The largest absolute Gasteiger partial charge is 0.493 e. The molecule has 1 aliphatic heterocycles. The van der Waals surface area contributed by atoms with Gasteiger partial charge in [0.2, 0.25) is 5.95 Å². The fourth-order valence-electron chi connectivity index (χ4n) is 3.58. The van der Waals surface area contributed by atoms with Crippen LogP contribution in [0.1, 0.15) is 42.1 Å². The molecule has 2 aromatic carbocycles. The molecule has 0 amide bonds. The molecule has 1 N–H and O–H groups in total. The average Bonchev–Trinajstić information content (AvgIpc) is 3.17. The zero-order valence-electron chi connectivity index (χ0n) is 15.8. The van der Waals surface area contributed by atoms with Gasteiger partial charge in [-0.05, 0) is 43.5 Å². The van der Waals surface area contributed by atoms with Crippen molar-refractivity contribution in [1.29, 1.82) is 0 Å². The van der Waals surface area contributed by atoms with E-state index >= 15 is 0 Å². The van der Waals surface area contributed by atoms with Crippen LogP contribution in [0.2, 0.25) is 0 Å². The molecule has 3 aromatic rings. The number of nitrogens with zero attached hydrogens (tertiary/aromatic N) is 3. The molecule has 140 valence electrons. The van der Waals surface area contributed by atoms with Crippen LogP contribution < -0.4 is 14.8 Å². The highest BCUT2D eigenvalue weighted by atomic mass is 16.5. The standard InChI is InChI=1S/C21H24N4O2/c1-4-27-19-10-9-16(11-20(19)26-3)18-12-17(15-7-5-14(2)6-8-15)24-21-22-13-23-25(18)21/h5-11,13,17-18H,4,12H2,1-3H3,(H,22,23,24)/t17-,18-/m1/s1. The van der Waals surface area contributed by atoms with Gasteiger partial charge in [0, 0.05) is 0 Å². The summed E-state index contributed by atoms with van der Waals surface area (Å²) in [4.78, 5) is 4.40. The molecule has 4 rings (SSSR count). The second-order valence-corrected chi connectivity index (χ2v) is 6.73. The molecular formula is C21H24N4O2. The topological polar surface area (TPSA) is 61.2 Å². The molecule has 1 aliphatic rings. The van der Waals surface area contributed by atoms with Crippen molar-refractivity contribution < 1.29 is 9.47 Å². The third-order valence-corrected chi connectivity index (χ3v) is 4.98. The third-order valence-electron chi connectivity index (χ3n) is 4.98. The zero-order valence-corrected chi connectivity index (χ0v) is 15.8. The van der Waals surface area contributed by atoms with Crippen molar-refractivity contribution in [3.63, 3.8) is 0 Å². The number of fused-ring (bicyclic) bond motifs is 1. The van der Waals surface area contributed by atoms with E-state index in [1.165, 1.54) is 11.1 Å². The van der Waals surface area contributed by atoms with Gasteiger partial charge in [-0.25, -0.2) is 4.68 Å². The summed E-state index contributed by atoms with van der Waals surface area (Å²) in [6.07, 6.45) is 2.47. The molecule has 1 aromatic heterocycles. The average molecular weight is 364 g/mol. The van der Waals surface area contributed by atoms with Crippen molar-refractivity contribution in [2.75, 3.05) is 19.0 Å². The van der Waals surface area contributed by atoms with Gasteiger partial charge in [-0.15, -0.1) is 0 Å². The number of methoxy groups -OCH3 is 1. The molecule has 0 unspecified atom stereocenters. The highest BCUT2D eigenvalue weighted by Gasteiger charge is 2.30. The van der Waals surface area contributed by atoms with Crippen LogP contribution in [0.5, 0.6) is 11.5 Å². The Bertz CT molecular complexity index is 920. The van der Waals surface area contributed by atoms with E-state index in [9.17, 15) is 0 Å². The van der Waals surface area contributed by atoms with E-state index in [-0.39, 0.29) is 12.1 Å². The van der Waals surface area contributed by atoms with Crippen molar-refractivity contribution in [2.24, 2.45) is 0 Å². The number of anilines is 1. The van der Waals surface area contributed by atoms with Crippen LogP contribution in [0, 0.1) is 6.92 Å². The van der Waals surface area contributed by atoms with E-state index in [2.05, 4.69) is 52.7 Å². The summed E-state index contributed by atoms with van der Waals surface area (Å²) >= 11 is 0. The van der Waals surface area contributed by atoms with Crippen LogP contribution in [0.25, 0.3) is 0 Å². The Labute approximate surface area is 159 Å². The number of nitrogens with one attached hydrogen (secondary N) is 1. The number of aryl methyl sites for hydroxylation is 1. The van der Waals surface area contributed by atoms with E-state index in [4.69, 9.17) is 9.47 Å². The maximum Gasteiger partial charge on any atom is 0.222 e. The van der Waals surface area contributed by atoms with E-state index in [0.29, 0.717) is 6.61 Å². The molecule has 6 heteroatoms. The van der Waals surface area contributed by atoms with E-state index < -0.39 is 0 Å².